The molecule has 1 aliphatic heterocycles. The van der Waals surface area contributed by atoms with Crippen LogP contribution in [0, 0.1) is 11.3 Å². The Labute approximate surface area is 118 Å². The van der Waals surface area contributed by atoms with Gasteiger partial charge in [0.1, 0.15) is 0 Å². The minimum Gasteiger partial charge on any atom is -0.341 e. The van der Waals surface area contributed by atoms with E-state index < -0.39 is 0 Å². The Morgan fingerprint density at radius 3 is 2.37 bits per heavy atom. The number of hydrogen-bond donors (Lipinski definition) is 1. The lowest BCUT2D eigenvalue weighted by Crippen LogP contribution is -2.50. The van der Waals surface area contributed by atoms with E-state index in [1.807, 2.05) is 11.8 Å². The van der Waals surface area contributed by atoms with Gasteiger partial charge in [-0.3, -0.25) is 4.79 Å². The van der Waals surface area contributed by atoms with Crippen LogP contribution in [0.3, 0.4) is 0 Å². The molecule has 0 aromatic heterocycles. The summed E-state index contributed by atoms with van der Waals surface area (Å²) in [7, 11) is 0. The predicted molar refractivity (Wildman–Crippen MR) is 79.0 cm³/mol. The third-order valence-electron chi connectivity index (χ3n) is 4.84. The minimum absolute atomic E-state index is 0.0283. The van der Waals surface area contributed by atoms with Gasteiger partial charge in [-0.2, -0.15) is 0 Å². The van der Waals surface area contributed by atoms with Gasteiger partial charge in [0.2, 0.25) is 5.91 Å². The van der Waals surface area contributed by atoms with Crippen molar-refractivity contribution < 1.29 is 4.79 Å². The number of piperidine rings is 1. The molecule has 0 aromatic rings. The molecule has 3 unspecified atom stereocenters. The van der Waals surface area contributed by atoms with Gasteiger partial charge in [-0.1, -0.05) is 20.8 Å². The zero-order valence-corrected chi connectivity index (χ0v) is 13.0. The van der Waals surface area contributed by atoms with E-state index in [4.69, 9.17) is 0 Å². The summed E-state index contributed by atoms with van der Waals surface area (Å²) in [5.74, 6) is 0.975. The topological polar surface area (TPSA) is 32.3 Å². The van der Waals surface area contributed by atoms with Crippen molar-refractivity contribution in [2.75, 3.05) is 13.1 Å². The van der Waals surface area contributed by atoms with Crippen molar-refractivity contribution in [1.29, 1.82) is 0 Å². The Balaban J connectivity index is 1.86. The quantitative estimate of drug-likeness (QED) is 0.852. The first kappa shape index (κ1) is 14.8. The van der Waals surface area contributed by atoms with Crippen LogP contribution in [0.1, 0.15) is 59.8 Å². The molecule has 1 amide bonds. The van der Waals surface area contributed by atoms with Gasteiger partial charge in [-0.15, -0.1) is 0 Å². The van der Waals surface area contributed by atoms with E-state index in [-0.39, 0.29) is 6.04 Å². The minimum atomic E-state index is -0.0283. The van der Waals surface area contributed by atoms with E-state index in [9.17, 15) is 4.79 Å². The van der Waals surface area contributed by atoms with Crippen LogP contribution >= 0.6 is 0 Å². The molecular formula is C16H30N2O. The van der Waals surface area contributed by atoms with Crippen molar-refractivity contribution in [2.24, 2.45) is 11.3 Å². The smallest absolute Gasteiger partial charge is 0.239 e. The Morgan fingerprint density at radius 2 is 1.84 bits per heavy atom. The van der Waals surface area contributed by atoms with Gasteiger partial charge in [0.25, 0.3) is 0 Å². The fraction of sp³-hybridized carbons (Fsp3) is 0.938. The third-order valence-corrected chi connectivity index (χ3v) is 4.84. The van der Waals surface area contributed by atoms with E-state index in [1.54, 1.807) is 0 Å². The summed E-state index contributed by atoms with van der Waals surface area (Å²) in [5, 5.41) is 3.59. The van der Waals surface area contributed by atoms with Gasteiger partial charge in [0.05, 0.1) is 6.04 Å². The molecule has 19 heavy (non-hydrogen) atoms. The molecule has 3 heteroatoms. The maximum atomic E-state index is 12.4. The standard InChI is InChI=1S/C16H30N2O/c1-12-10-16(3,4)11-14(12)17-13(2)15(19)18-8-6-5-7-9-18/h12-14,17H,5-11H2,1-4H3. The molecule has 1 aliphatic carbocycles. The van der Waals surface area contributed by atoms with Crippen molar-refractivity contribution in [1.82, 2.24) is 10.2 Å². The van der Waals surface area contributed by atoms with Crippen LogP contribution in [0.5, 0.6) is 0 Å². The number of carbonyl (C=O) groups is 1. The van der Waals surface area contributed by atoms with Crippen LogP contribution in [0.4, 0.5) is 0 Å². The number of rotatable bonds is 3. The van der Waals surface area contributed by atoms with Gasteiger partial charge in [-0.25, -0.2) is 0 Å². The van der Waals surface area contributed by atoms with Crippen molar-refractivity contribution in [3.8, 4) is 0 Å². The fourth-order valence-electron chi connectivity index (χ4n) is 3.90. The first-order chi connectivity index (χ1) is 8.89. The van der Waals surface area contributed by atoms with E-state index in [0.717, 1.165) is 13.1 Å². The Hall–Kier alpha value is -0.570. The molecule has 2 rings (SSSR count). The third kappa shape index (κ3) is 3.71. The normalized spacial score (nSPS) is 32.3. The lowest BCUT2D eigenvalue weighted by Gasteiger charge is -2.31. The highest BCUT2D eigenvalue weighted by molar-refractivity contribution is 5.81. The number of likely N-dealkylation sites (tertiary alicyclic amines) is 1. The summed E-state index contributed by atoms with van der Waals surface area (Å²) in [6.07, 6.45) is 6.07. The monoisotopic (exact) mass is 266 g/mol. The maximum absolute atomic E-state index is 12.4. The molecule has 0 bridgehead atoms. The first-order valence-electron chi connectivity index (χ1n) is 7.94. The van der Waals surface area contributed by atoms with Crippen LogP contribution in [0.25, 0.3) is 0 Å². The second-order valence-corrected chi connectivity index (χ2v) is 7.43. The van der Waals surface area contributed by atoms with E-state index in [0.29, 0.717) is 23.3 Å². The molecule has 0 spiro atoms. The van der Waals surface area contributed by atoms with Crippen LogP contribution in [0.2, 0.25) is 0 Å². The zero-order chi connectivity index (χ0) is 14.0. The summed E-state index contributed by atoms with van der Waals surface area (Å²) in [5.41, 5.74) is 0.422. The van der Waals surface area contributed by atoms with Crippen molar-refractivity contribution in [2.45, 2.75) is 71.9 Å². The molecule has 1 saturated carbocycles. The highest BCUT2D eigenvalue weighted by Gasteiger charge is 2.38. The molecule has 0 radical (unpaired) electrons. The molecule has 0 aromatic carbocycles. The van der Waals surface area contributed by atoms with Crippen molar-refractivity contribution >= 4 is 5.91 Å². The molecule has 1 heterocycles. The molecule has 3 atom stereocenters. The SMILES string of the molecule is CC(NC1CC(C)(C)CC1C)C(=O)N1CCCCC1. The van der Waals surface area contributed by atoms with Gasteiger partial charge in [0.15, 0.2) is 0 Å². The molecule has 2 fully saturated rings. The van der Waals surface area contributed by atoms with Crippen LogP contribution in [0.15, 0.2) is 0 Å². The summed E-state index contributed by atoms with van der Waals surface area (Å²) in [6, 6.07) is 0.471. The molecular weight excluding hydrogens is 236 g/mol. The summed E-state index contributed by atoms with van der Waals surface area (Å²) in [4.78, 5) is 14.5. The summed E-state index contributed by atoms with van der Waals surface area (Å²) < 4.78 is 0. The van der Waals surface area contributed by atoms with E-state index in [2.05, 4.69) is 26.1 Å². The lowest BCUT2D eigenvalue weighted by atomic mass is 9.91. The zero-order valence-electron chi connectivity index (χ0n) is 13.0. The van der Waals surface area contributed by atoms with Gasteiger partial charge in [-0.05, 0) is 50.4 Å². The van der Waals surface area contributed by atoms with Gasteiger partial charge < -0.3 is 10.2 Å². The van der Waals surface area contributed by atoms with Crippen LogP contribution in [-0.2, 0) is 4.79 Å². The number of hydrogen-bond acceptors (Lipinski definition) is 2. The Bertz CT molecular complexity index is 321. The summed E-state index contributed by atoms with van der Waals surface area (Å²) in [6.45, 7) is 10.9. The fourth-order valence-corrected chi connectivity index (χ4v) is 3.90. The second kappa shape index (κ2) is 5.82. The number of carbonyl (C=O) groups excluding carboxylic acids is 1. The first-order valence-corrected chi connectivity index (χ1v) is 7.94. The molecule has 1 N–H and O–H groups in total. The van der Waals surface area contributed by atoms with E-state index >= 15 is 0 Å². The Kier molecular flexibility index (Phi) is 4.54. The van der Waals surface area contributed by atoms with Gasteiger partial charge in [0, 0.05) is 19.1 Å². The average Bonchev–Trinajstić information content (AvgIpc) is 2.62. The van der Waals surface area contributed by atoms with Gasteiger partial charge >= 0.3 is 0 Å². The number of amides is 1. The van der Waals surface area contributed by atoms with Crippen molar-refractivity contribution in [3.05, 3.63) is 0 Å². The van der Waals surface area contributed by atoms with Crippen LogP contribution in [-0.4, -0.2) is 36.0 Å². The number of nitrogens with one attached hydrogen (secondary N) is 1. The lowest BCUT2D eigenvalue weighted by molar-refractivity contribution is -0.134. The van der Waals surface area contributed by atoms with E-state index in [1.165, 1.54) is 32.1 Å². The number of nitrogens with zero attached hydrogens (tertiary/aromatic N) is 1. The highest BCUT2D eigenvalue weighted by atomic mass is 16.2. The van der Waals surface area contributed by atoms with Crippen molar-refractivity contribution in [3.63, 3.8) is 0 Å². The average molecular weight is 266 g/mol. The molecule has 3 nitrogen and oxygen atoms in total. The predicted octanol–water partition coefficient (Wildman–Crippen LogP) is 2.80. The highest BCUT2D eigenvalue weighted by Crippen LogP contribution is 2.41. The largest absolute Gasteiger partial charge is 0.341 e. The maximum Gasteiger partial charge on any atom is 0.239 e. The molecule has 2 aliphatic rings. The summed E-state index contributed by atoms with van der Waals surface area (Å²) >= 11 is 0. The van der Waals surface area contributed by atoms with Crippen LogP contribution < -0.4 is 5.32 Å². The second-order valence-electron chi connectivity index (χ2n) is 7.43. The molecule has 1 saturated heterocycles. The molecule has 110 valence electrons. The Morgan fingerprint density at radius 1 is 1.21 bits per heavy atom.